The van der Waals surface area contributed by atoms with Gasteiger partial charge in [-0.2, -0.15) is 15.0 Å². The first-order valence-electron chi connectivity index (χ1n) is 11.0. The molecule has 24 nitrogen and oxygen atoms in total. The summed E-state index contributed by atoms with van der Waals surface area (Å²) in [5.74, 6) is -1.26. The van der Waals surface area contributed by atoms with Crippen molar-refractivity contribution in [3.05, 3.63) is 60.7 Å². The van der Waals surface area contributed by atoms with Crippen LogP contribution in [0.4, 0.5) is 17.8 Å². The molecule has 0 N–H and O–H groups in total. The lowest BCUT2D eigenvalue weighted by atomic mass is 10.4. The smallest absolute Gasteiger partial charge is 0.232 e. The Labute approximate surface area is 217 Å². The molecule has 0 aromatic carbocycles. The van der Waals surface area contributed by atoms with Crippen molar-refractivity contribution in [2.75, 3.05) is 93.2 Å². The van der Waals surface area contributed by atoms with Gasteiger partial charge in [-0.25, -0.2) is 0 Å². The fourth-order valence-corrected chi connectivity index (χ4v) is 2.92. The van der Waals surface area contributed by atoms with Gasteiger partial charge in [-0.15, -0.1) is 0 Å². The molecule has 0 unspecified atom stereocenters. The first-order valence-corrected chi connectivity index (χ1v) is 11.0. The van der Waals surface area contributed by atoms with Crippen molar-refractivity contribution in [3.63, 3.8) is 0 Å². The highest BCUT2D eigenvalue weighted by Gasteiger charge is 2.25. The zero-order chi connectivity index (χ0) is 29.5. The van der Waals surface area contributed by atoms with E-state index in [0.717, 1.165) is 14.7 Å². The zero-order valence-electron chi connectivity index (χ0n) is 20.3. The Morgan fingerprint density at radius 3 is 0.667 bits per heavy atom. The van der Waals surface area contributed by atoms with Crippen LogP contribution in [-0.2, 0) is 0 Å². The third kappa shape index (κ3) is 13.1. The molecule has 0 aliphatic rings. The van der Waals surface area contributed by atoms with Crippen LogP contribution in [0.1, 0.15) is 0 Å². The highest BCUT2D eigenvalue weighted by atomic mass is 16.6. The van der Waals surface area contributed by atoms with Crippen molar-refractivity contribution in [1.29, 1.82) is 0 Å². The predicted molar refractivity (Wildman–Crippen MR) is 128 cm³/mol. The first kappa shape index (κ1) is 31.8. The maximum Gasteiger partial charge on any atom is 0.232 e. The molecule has 0 aliphatic heterocycles. The second-order valence-corrected chi connectivity index (χ2v) is 7.53. The standard InChI is InChI=1S/C15H24N12O12/c28-22(29)7-1-19(2-8-23(30)31)13-16-14(20(3-9-24(32)33)4-10-25(34)35)18-15(17-13)21(5-11-26(36)37)6-12-27(38)39/h1-12H2. The maximum absolute atomic E-state index is 10.9. The summed E-state index contributed by atoms with van der Waals surface area (Å²) < 4.78 is 0. The molecule has 0 saturated carbocycles. The fraction of sp³-hybridized carbons (Fsp3) is 0.800. The number of rotatable bonds is 21. The van der Waals surface area contributed by atoms with Crippen LogP contribution in [0.25, 0.3) is 0 Å². The van der Waals surface area contributed by atoms with Gasteiger partial charge in [0.2, 0.25) is 57.1 Å². The van der Waals surface area contributed by atoms with E-state index in [-0.39, 0.29) is 0 Å². The Balaban J connectivity index is 3.68. The summed E-state index contributed by atoms with van der Waals surface area (Å²) in [7, 11) is 0. The lowest BCUT2D eigenvalue weighted by Crippen LogP contribution is -2.39. The number of hydrogen-bond donors (Lipinski definition) is 0. The van der Waals surface area contributed by atoms with Crippen molar-refractivity contribution in [2.24, 2.45) is 0 Å². The summed E-state index contributed by atoms with van der Waals surface area (Å²) in [5.41, 5.74) is 0. The van der Waals surface area contributed by atoms with Crippen LogP contribution in [0.2, 0.25) is 0 Å². The quantitative estimate of drug-likeness (QED) is 0.114. The summed E-state index contributed by atoms with van der Waals surface area (Å²) in [6.45, 7) is -6.98. The van der Waals surface area contributed by atoms with Gasteiger partial charge in [0, 0.05) is 29.5 Å². The molecule has 0 radical (unpaired) electrons. The summed E-state index contributed by atoms with van der Waals surface area (Å²) >= 11 is 0. The maximum atomic E-state index is 10.9. The summed E-state index contributed by atoms with van der Waals surface area (Å²) in [6.07, 6.45) is 0. The van der Waals surface area contributed by atoms with E-state index in [1.807, 2.05) is 0 Å². The van der Waals surface area contributed by atoms with Crippen LogP contribution in [0, 0.1) is 60.7 Å². The molecule has 1 heterocycles. The second-order valence-electron chi connectivity index (χ2n) is 7.53. The highest BCUT2D eigenvalue weighted by molar-refractivity contribution is 5.47. The van der Waals surface area contributed by atoms with E-state index in [1.165, 1.54) is 0 Å². The van der Waals surface area contributed by atoms with Gasteiger partial charge in [0.25, 0.3) is 0 Å². The number of nitro groups is 6. The monoisotopic (exact) mass is 564 g/mol. The van der Waals surface area contributed by atoms with Crippen LogP contribution >= 0.6 is 0 Å². The summed E-state index contributed by atoms with van der Waals surface area (Å²) in [4.78, 5) is 76.6. The molecule has 0 amide bonds. The van der Waals surface area contributed by atoms with Crippen molar-refractivity contribution < 1.29 is 29.5 Å². The van der Waals surface area contributed by atoms with E-state index in [0.29, 0.717) is 0 Å². The van der Waals surface area contributed by atoms with E-state index in [4.69, 9.17) is 0 Å². The van der Waals surface area contributed by atoms with Crippen molar-refractivity contribution in [2.45, 2.75) is 0 Å². The van der Waals surface area contributed by atoms with Crippen LogP contribution in [0.15, 0.2) is 0 Å². The van der Waals surface area contributed by atoms with E-state index in [9.17, 15) is 60.7 Å². The van der Waals surface area contributed by atoms with E-state index < -0.39 is 126 Å². The molecule has 1 rings (SSSR count). The topological polar surface area (TPSA) is 307 Å². The minimum Gasteiger partial charge on any atom is -0.327 e. The molecule has 1 aromatic heterocycles. The van der Waals surface area contributed by atoms with Gasteiger partial charge in [0.15, 0.2) is 0 Å². The molecule has 0 saturated heterocycles. The normalized spacial score (nSPS) is 10.5. The number of hydrogen-bond acceptors (Lipinski definition) is 18. The number of nitrogens with zero attached hydrogens (tertiary/aromatic N) is 12. The van der Waals surface area contributed by atoms with Gasteiger partial charge in [-0.1, -0.05) is 0 Å². The van der Waals surface area contributed by atoms with Gasteiger partial charge in [0.05, 0.1) is 39.3 Å². The van der Waals surface area contributed by atoms with Crippen LogP contribution in [0.5, 0.6) is 0 Å². The minimum atomic E-state index is -0.719. The molecule has 0 aliphatic carbocycles. The molecule has 0 spiro atoms. The van der Waals surface area contributed by atoms with Gasteiger partial charge in [-0.3, -0.25) is 60.7 Å². The van der Waals surface area contributed by atoms with Crippen LogP contribution < -0.4 is 14.7 Å². The Hall–Kier alpha value is -5.19. The van der Waals surface area contributed by atoms with Crippen LogP contribution in [0.3, 0.4) is 0 Å². The molecule has 0 bridgehead atoms. The Bertz CT molecular complexity index is 864. The minimum absolute atomic E-state index is 0.418. The Morgan fingerprint density at radius 2 is 0.538 bits per heavy atom. The average Bonchev–Trinajstić information content (AvgIpc) is 2.82. The van der Waals surface area contributed by atoms with Gasteiger partial charge < -0.3 is 14.7 Å². The molecular formula is C15H24N12O12. The highest BCUT2D eigenvalue weighted by Crippen LogP contribution is 2.20. The van der Waals surface area contributed by atoms with E-state index >= 15 is 0 Å². The first-order chi connectivity index (χ1) is 18.3. The van der Waals surface area contributed by atoms with Crippen molar-refractivity contribution in [1.82, 2.24) is 15.0 Å². The molecule has 216 valence electrons. The molecular weight excluding hydrogens is 540 g/mol. The number of aromatic nitrogens is 3. The lowest BCUT2D eigenvalue weighted by Gasteiger charge is -2.26. The predicted octanol–water partition coefficient (Wildman–Crippen LogP) is -2.05. The Kier molecular flexibility index (Phi) is 12.9. The lowest BCUT2D eigenvalue weighted by molar-refractivity contribution is -0.480. The average molecular weight is 564 g/mol. The molecule has 0 fully saturated rings. The van der Waals surface area contributed by atoms with E-state index in [1.54, 1.807) is 0 Å². The largest absolute Gasteiger partial charge is 0.327 e. The molecule has 39 heavy (non-hydrogen) atoms. The summed E-state index contributed by atoms with van der Waals surface area (Å²) in [5, 5.41) is 65.6. The van der Waals surface area contributed by atoms with Crippen molar-refractivity contribution >= 4 is 17.8 Å². The Morgan fingerprint density at radius 1 is 0.385 bits per heavy atom. The fourth-order valence-electron chi connectivity index (χ4n) is 2.92. The molecule has 24 heteroatoms. The second kappa shape index (κ2) is 15.8. The van der Waals surface area contributed by atoms with Crippen LogP contribution in [-0.4, -0.2) is 123 Å². The van der Waals surface area contributed by atoms with Gasteiger partial charge in [-0.05, 0) is 0 Å². The third-order valence-corrected chi connectivity index (χ3v) is 4.76. The van der Waals surface area contributed by atoms with Crippen molar-refractivity contribution in [3.8, 4) is 0 Å². The third-order valence-electron chi connectivity index (χ3n) is 4.76. The van der Waals surface area contributed by atoms with E-state index in [2.05, 4.69) is 15.0 Å². The zero-order valence-corrected chi connectivity index (χ0v) is 20.3. The molecule has 1 aromatic rings. The SMILES string of the molecule is O=[N+]([O-])CCN(CC[N+](=O)[O-])c1nc(N(CC[N+](=O)[O-])CC[N+](=O)[O-])nc(N(CC[N+](=O)[O-])CC[N+](=O)[O-])n1. The molecule has 0 atom stereocenters. The summed E-state index contributed by atoms with van der Waals surface area (Å²) in [6, 6.07) is 0. The number of anilines is 3. The van der Waals surface area contributed by atoms with Gasteiger partial charge >= 0.3 is 0 Å². The van der Waals surface area contributed by atoms with Gasteiger partial charge in [0.1, 0.15) is 0 Å².